The van der Waals surface area contributed by atoms with Crippen LogP contribution in [0, 0.1) is 0 Å². The average Bonchev–Trinajstić information content (AvgIpc) is 2.65. The number of carbonyl (C=O) groups excluding carboxylic acids is 2. The van der Waals surface area contributed by atoms with E-state index in [1.165, 1.54) is 11.8 Å². The first-order valence-electron chi connectivity index (χ1n) is 8.94. The van der Waals surface area contributed by atoms with Crippen molar-refractivity contribution in [3.63, 3.8) is 0 Å². The SMILES string of the molecule is CSc1ncc2c(n1)N(C1CCN(C(=O)OC(C)(C)C)CC1)C(=C=O)C=C2. The van der Waals surface area contributed by atoms with Gasteiger partial charge in [0.25, 0.3) is 0 Å². The Labute approximate surface area is 163 Å². The molecule has 144 valence electrons. The minimum atomic E-state index is -0.511. The fraction of sp³-hybridized carbons (Fsp3) is 0.526. The van der Waals surface area contributed by atoms with E-state index in [4.69, 9.17) is 4.74 Å². The van der Waals surface area contributed by atoms with Gasteiger partial charge in [0, 0.05) is 30.9 Å². The third-order valence-corrected chi connectivity index (χ3v) is 5.01. The highest BCUT2D eigenvalue weighted by atomic mass is 32.2. The lowest BCUT2D eigenvalue weighted by Crippen LogP contribution is -2.48. The monoisotopic (exact) mass is 388 g/mol. The molecule has 3 rings (SSSR count). The van der Waals surface area contributed by atoms with Crippen molar-refractivity contribution < 1.29 is 14.3 Å². The third-order valence-electron chi connectivity index (χ3n) is 4.45. The number of fused-ring (bicyclic) bond motifs is 1. The number of aromatic nitrogens is 2. The van der Waals surface area contributed by atoms with E-state index in [1.54, 1.807) is 17.2 Å². The molecule has 27 heavy (non-hydrogen) atoms. The second-order valence-electron chi connectivity index (χ2n) is 7.52. The minimum Gasteiger partial charge on any atom is -0.444 e. The van der Waals surface area contributed by atoms with E-state index in [1.807, 2.05) is 43.9 Å². The van der Waals surface area contributed by atoms with E-state index in [-0.39, 0.29) is 12.1 Å². The Morgan fingerprint density at radius 1 is 1.30 bits per heavy atom. The number of hydrogen-bond donors (Lipinski definition) is 0. The van der Waals surface area contributed by atoms with Crippen molar-refractivity contribution in [3.8, 4) is 0 Å². The Morgan fingerprint density at radius 3 is 2.59 bits per heavy atom. The Morgan fingerprint density at radius 2 is 2.00 bits per heavy atom. The first-order valence-corrected chi connectivity index (χ1v) is 10.2. The number of carbonyl (C=O) groups is 1. The van der Waals surface area contributed by atoms with E-state index < -0.39 is 5.60 Å². The van der Waals surface area contributed by atoms with Crippen LogP contribution in [0.3, 0.4) is 0 Å². The van der Waals surface area contributed by atoms with Crippen LogP contribution < -0.4 is 4.90 Å². The molecule has 2 aliphatic rings. The van der Waals surface area contributed by atoms with Crippen LogP contribution in [-0.2, 0) is 9.53 Å². The van der Waals surface area contributed by atoms with E-state index >= 15 is 0 Å². The molecule has 0 N–H and O–H groups in total. The number of piperidine rings is 1. The van der Waals surface area contributed by atoms with Gasteiger partial charge in [0.05, 0.1) is 0 Å². The zero-order chi connectivity index (χ0) is 19.6. The van der Waals surface area contributed by atoms with Crippen LogP contribution in [0.5, 0.6) is 0 Å². The molecule has 3 heterocycles. The number of allylic oxidation sites excluding steroid dienone is 1. The van der Waals surface area contributed by atoms with E-state index in [0.717, 1.165) is 24.2 Å². The van der Waals surface area contributed by atoms with Crippen LogP contribution in [0.2, 0.25) is 0 Å². The number of thioether (sulfide) groups is 1. The summed E-state index contributed by atoms with van der Waals surface area (Å²) in [7, 11) is 0. The quantitative estimate of drug-likeness (QED) is 0.438. The summed E-state index contributed by atoms with van der Waals surface area (Å²) in [4.78, 5) is 36.4. The summed E-state index contributed by atoms with van der Waals surface area (Å²) in [6, 6.07) is 0.0634. The Kier molecular flexibility index (Phi) is 5.58. The Bertz CT molecular complexity index is 804. The lowest BCUT2D eigenvalue weighted by Gasteiger charge is -2.40. The lowest BCUT2D eigenvalue weighted by atomic mass is 10.00. The summed E-state index contributed by atoms with van der Waals surface area (Å²) in [5.74, 6) is 2.76. The zero-order valence-electron chi connectivity index (χ0n) is 16.1. The molecule has 0 atom stereocenters. The van der Waals surface area contributed by atoms with Gasteiger partial charge in [-0.2, -0.15) is 0 Å². The summed E-state index contributed by atoms with van der Waals surface area (Å²) in [5, 5.41) is 0.658. The molecule has 2 aliphatic heterocycles. The first-order chi connectivity index (χ1) is 12.8. The van der Waals surface area contributed by atoms with Gasteiger partial charge in [0.2, 0.25) is 0 Å². The zero-order valence-corrected chi connectivity index (χ0v) is 16.9. The number of anilines is 1. The molecule has 1 aromatic rings. The number of rotatable bonds is 2. The van der Waals surface area contributed by atoms with Crippen molar-refractivity contribution >= 4 is 35.7 Å². The fourth-order valence-electron chi connectivity index (χ4n) is 3.22. The summed E-state index contributed by atoms with van der Waals surface area (Å²) in [5.41, 5.74) is 0.827. The van der Waals surface area contributed by atoms with Crippen LogP contribution in [0.1, 0.15) is 39.2 Å². The molecule has 0 saturated carbocycles. The van der Waals surface area contributed by atoms with Crippen molar-refractivity contribution in [3.05, 3.63) is 23.5 Å². The van der Waals surface area contributed by atoms with Crippen LogP contribution in [0.4, 0.5) is 10.6 Å². The molecule has 8 heteroatoms. The summed E-state index contributed by atoms with van der Waals surface area (Å²) >= 11 is 1.46. The smallest absolute Gasteiger partial charge is 0.410 e. The number of amides is 1. The lowest BCUT2D eigenvalue weighted by molar-refractivity contribution is 0.0206. The van der Waals surface area contributed by atoms with Crippen molar-refractivity contribution in [1.82, 2.24) is 14.9 Å². The maximum atomic E-state index is 12.3. The number of hydrogen-bond acceptors (Lipinski definition) is 7. The van der Waals surface area contributed by atoms with Gasteiger partial charge in [0.1, 0.15) is 17.1 Å². The van der Waals surface area contributed by atoms with Crippen LogP contribution in [0.15, 0.2) is 23.1 Å². The van der Waals surface area contributed by atoms with Crippen molar-refractivity contribution in [2.24, 2.45) is 0 Å². The van der Waals surface area contributed by atoms with Gasteiger partial charge in [-0.05, 0) is 52.0 Å². The minimum absolute atomic E-state index is 0.0634. The fourth-order valence-corrected chi connectivity index (χ4v) is 3.56. The summed E-state index contributed by atoms with van der Waals surface area (Å²) < 4.78 is 5.46. The Hall–Kier alpha value is -2.31. The van der Waals surface area contributed by atoms with Gasteiger partial charge in [0.15, 0.2) is 11.1 Å². The van der Waals surface area contributed by atoms with E-state index in [2.05, 4.69) is 9.97 Å². The van der Waals surface area contributed by atoms with Gasteiger partial charge in [-0.25, -0.2) is 19.6 Å². The average molecular weight is 388 g/mol. The molecule has 0 aliphatic carbocycles. The van der Waals surface area contributed by atoms with E-state index in [0.29, 0.717) is 23.9 Å². The third kappa shape index (κ3) is 4.34. The van der Waals surface area contributed by atoms with Gasteiger partial charge < -0.3 is 14.5 Å². The molecule has 1 saturated heterocycles. The predicted octanol–water partition coefficient (Wildman–Crippen LogP) is 3.15. The van der Waals surface area contributed by atoms with Crippen molar-refractivity contribution in [1.29, 1.82) is 0 Å². The molecule has 1 amide bonds. The normalized spacial score (nSPS) is 17.6. The molecule has 7 nitrogen and oxygen atoms in total. The maximum Gasteiger partial charge on any atom is 0.410 e. The molecule has 0 unspecified atom stereocenters. The summed E-state index contributed by atoms with van der Waals surface area (Å²) in [6.07, 6.45) is 8.42. The van der Waals surface area contributed by atoms with Gasteiger partial charge in [-0.1, -0.05) is 11.8 Å². The van der Waals surface area contributed by atoms with Crippen LogP contribution in [0.25, 0.3) is 6.08 Å². The standard InChI is InChI=1S/C19H24N4O3S/c1-19(2,3)26-18(25)22-9-7-14(8-10-22)23-15(12-24)6-5-13-11-20-17(27-4)21-16(13)23/h5-6,11,14H,7-10H2,1-4H3. The molecule has 0 bridgehead atoms. The first kappa shape index (κ1) is 19.5. The maximum absolute atomic E-state index is 12.3. The molecule has 0 aromatic carbocycles. The molecule has 1 aromatic heterocycles. The van der Waals surface area contributed by atoms with E-state index in [9.17, 15) is 9.59 Å². The highest BCUT2D eigenvalue weighted by molar-refractivity contribution is 7.98. The topological polar surface area (TPSA) is 75.6 Å². The highest BCUT2D eigenvalue weighted by Gasteiger charge is 2.33. The number of likely N-dealkylation sites (tertiary alicyclic amines) is 1. The molecular weight excluding hydrogens is 364 g/mol. The second-order valence-corrected chi connectivity index (χ2v) is 8.30. The molecular formula is C19H24N4O3S. The molecule has 0 spiro atoms. The Balaban J connectivity index is 1.78. The number of ether oxygens (including phenoxy) is 1. The number of nitrogens with zero attached hydrogens (tertiary/aromatic N) is 4. The van der Waals surface area contributed by atoms with Crippen LogP contribution >= 0.6 is 11.8 Å². The second kappa shape index (κ2) is 7.74. The summed E-state index contributed by atoms with van der Waals surface area (Å²) in [6.45, 7) is 6.72. The highest BCUT2D eigenvalue weighted by Crippen LogP contribution is 2.34. The van der Waals surface area contributed by atoms with Gasteiger partial charge >= 0.3 is 6.09 Å². The molecule has 0 radical (unpaired) electrons. The predicted molar refractivity (Wildman–Crippen MR) is 105 cm³/mol. The molecule has 1 fully saturated rings. The van der Waals surface area contributed by atoms with Crippen molar-refractivity contribution in [2.75, 3.05) is 24.2 Å². The van der Waals surface area contributed by atoms with Gasteiger partial charge in [-0.15, -0.1) is 0 Å². The van der Waals surface area contributed by atoms with Crippen LogP contribution in [-0.4, -0.2) is 57.9 Å². The van der Waals surface area contributed by atoms with Crippen molar-refractivity contribution in [2.45, 2.75) is 50.4 Å². The largest absolute Gasteiger partial charge is 0.444 e. The van der Waals surface area contributed by atoms with Gasteiger partial charge in [-0.3, -0.25) is 0 Å².